The molecule has 0 unspecified atom stereocenters. The van der Waals surface area contributed by atoms with Gasteiger partial charge in [-0.3, -0.25) is 9.78 Å². The van der Waals surface area contributed by atoms with Gasteiger partial charge in [0.15, 0.2) is 0 Å². The molecule has 1 saturated heterocycles. The highest BCUT2D eigenvalue weighted by molar-refractivity contribution is 5.94. The highest BCUT2D eigenvalue weighted by atomic mass is 16.2. The number of rotatable bonds is 3. The first kappa shape index (κ1) is 17.2. The van der Waals surface area contributed by atoms with E-state index in [-0.39, 0.29) is 5.91 Å². The fraction of sp³-hybridized carbons (Fsp3) is 0.300. The van der Waals surface area contributed by atoms with Crippen molar-refractivity contribution < 1.29 is 4.79 Å². The number of aromatic nitrogens is 3. The zero-order valence-corrected chi connectivity index (χ0v) is 15.5. The molecule has 3 heterocycles. The van der Waals surface area contributed by atoms with Gasteiger partial charge in [0.2, 0.25) is 0 Å². The standard InChI is InChI=1S/C20H22N6O/c1-24(2)19-14-22-17(12-23-19)20(27)26-9-7-25(8-10-26)18-13-21-11-15-5-3-4-6-16(15)18/h3-6,11-14H,7-10H2,1-2H3. The molecule has 0 spiro atoms. The van der Waals surface area contributed by atoms with Crippen molar-refractivity contribution in [3.63, 3.8) is 0 Å². The molecule has 0 N–H and O–H groups in total. The molecule has 3 aromatic rings. The second-order valence-electron chi connectivity index (χ2n) is 6.81. The number of benzene rings is 1. The molecule has 4 rings (SSSR count). The lowest BCUT2D eigenvalue weighted by Crippen LogP contribution is -2.49. The van der Waals surface area contributed by atoms with Crippen molar-refractivity contribution in [2.24, 2.45) is 0 Å². The minimum absolute atomic E-state index is 0.0662. The Morgan fingerprint density at radius 2 is 1.74 bits per heavy atom. The Kier molecular flexibility index (Phi) is 4.58. The van der Waals surface area contributed by atoms with Gasteiger partial charge in [-0.15, -0.1) is 0 Å². The van der Waals surface area contributed by atoms with E-state index < -0.39 is 0 Å². The number of pyridine rings is 1. The van der Waals surface area contributed by atoms with Crippen LogP contribution < -0.4 is 9.80 Å². The van der Waals surface area contributed by atoms with Crippen molar-refractivity contribution in [3.05, 3.63) is 54.7 Å². The van der Waals surface area contributed by atoms with Crippen molar-refractivity contribution in [1.82, 2.24) is 19.9 Å². The molecule has 7 heteroatoms. The molecule has 7 nitrogen and oxygen atoms in total. The van der Waals surface area contributed by atoms with Crippen molar-refractivity contribution >= 4 is 28.2 Å². The summed E-state index contributed by atoms with van der Waals surface area (Å²) in [4.78, 5) is 31.6. The maximum Gasteiger partial charge on any atom is 0.274 e. The molecule has 1 amide bonds. The van der Waals surface area contributed by atoms with E-state index in [2.05, 4.69) is 32.0 Å². The van der Waals surface area contributed by atoms with Gasteiger partial charge >= 0.3 is 0 Å². The number of carbonyl (C=O) groups excluding carboxylic acids is 1. The summed E-state index contributed by atoms with van der Waals surface area (Å²) >= 11 is 0. The van der Waals surface area contributed by atoms with Crippen molar-refractivity contribution in [2.45, 2.75) is 0 Å². The fourth-order valence-corrected chi connectivity index (χ4v) is 3.33. The van der Waals surface area contributed by atoms with Gasteiger partial charge in [-0.1, -0.05) is 24.3 Å². The van der Waals surface area contributed by atoms with Gasteiger partial charge in [-0.25, -0.2) is 9.97 Å². The topological polar surface area (TPSA) is 65.5 Å². The highest BCUT2D eigenvalue weighted by Crippen LogP contribution is 2.26. The summed E-state index contributed by atoms with van der Waals surface area (Å²) in [5.41, 5.74) is 1.51. The Morgan fingerprint density at radius 3 is 2.44 bits per heavy atom. The predicted molar refractivity (Wildman–Crippen MR) is 106 cm³/mol. The van der Waals surface area contributed by atoms with E-state index in [1.807, 2.05) is 48.4 Å². The number of carbonyl (C=O) groups is 1. The number of piperazine rings is 1. The third-order valence-electron chi connectivity index (χ3n) is 4.87. The number of anilines is 2. The van der Waals surface area contributed by atoms with E-state index in [9.17, 15) is 4.79 Å². The molecule has 0 radical (unpaired) electrons. The minimum Gasteiger partial charge on any atom is -0.366 e. The number of hydrogen-bond donors (Lipinski definition) is 0. The zero-order valence-electron chi connectivity index (χ0n) is 15.5. The zero-order chi connectivity index (χ0) is 18.8. The van der Waals surface area contributed by atoms with Crippen molar-refractivity contribution in [2.75, 3.05) is 50.1 Å². The number of hydrogen-bond acceptors (Lipinski definition) is 6. The second kappa shape index (κ2) is 7.19. The van der Waals surface area contributed by atoms with Crippen LogP contribution in [-0.4, -0.2) is 66.0 Å². The van der Waals surface area contributed by atoms with Crippen LogP contribution in [-0.2, 0) is 0 Å². The molecule has 0 bridgehead atoms. The lowest BCUT2D eigenvalue weighted by Gasteiger charge is -2.36. The van der Waals surface area contributed by atoms with E-state index in [1.165, 1.54) is 5.39 Å². The summed E-state index contributed by atoms with van der Waals surface area (Å²) in [6.07, 6.45) is 6.98. The Balaban J connectivity index is 1.46. The molecule has 1 aromatic carbocycles. The quantitative estimate of drug-likeness (QED) is 0.711. The Morgan fingerprint density at radius 1 is 0.963 bits per heavy atom. The van der Waals surface area contributed by atoms with E-state index in [4.69, 9.17) is 0 Å². The van der Waals surface area contributed by atoms with Crippen molar-refractivity contribution in [1.29, 1.82) is 0 Å². The fourth-order valence-electron chi connectivity index (χ4n) is 3.33. The highest BCUT2D eigenvalue weighted by Gasteiger charge is 2.24. The summed E-state index contributed by atoms with van der Waals surface area (Å²) in [6, 6.07) is 8.25. The Bertz CT molecular complexity index is 943. The van der Waals surface area contributed by atoms with Crippen LogP contribution in [0.25, 0.3) is 10.8 Å². The maximum atomic E-state index is 12.7. The number of nitrogens with zero attached hydrogens (tertiary/aromatic N) is 6. The minimum atomic E-state index is -0.0662. The van der Waals surface area contributed by atoms with Crippen LogP contribution in [0.4, 0.5) is 11.5 Å². The normalized spacial score (nSPS) is 14.4. The second-order valence-corrected chi connectivity index (χ2v) is 6.81. The molecule has 0 aliphatic carbocycles. The molecular weight excluding hydrogens is 340 g/mol. The van der Waals surface area contributed by atoms with E-state index in [0.29, 0.717) is 18.8 Å². The van der Waals surface area contributed by atoms with E-state index in [1.54, 1.807) is 12.4 Å². The molecule has 138 valence electrons. The largest absolute Gasteiger partial charge is 0.366 e. The third-order valence-corrected chi connectivity index (χ3v) is 4.87. The number of amides is 1. The van der Waals surface area contributed by atoms with Crippen LogP contribution >= 0.6 is 0 Å². The summed E-state index contributed by atoms with van der Waals surface area (Å²) in [5.74, 6) is 0.670. The van der Waals surface area contributed by atoms with Crippen LogP contribution in [0.15, 0.2) is 49.1 Å². The molecular formula is C20H22N6O. The van der Waals surface area contributed by atoms with Crippen LogP contribution in [0.2, 0.25) is 0 Å². The Hall–Kier alpha value is -3.22. The van der Waals surface area contributed by atoms with Crippen LogP contribution in [0.1, 0.15) is 10.5 Å². The van der Waals surface area contributed by atoms with E-state index in [0.717, 1.165) is 30.0 Å². The summed E-state index contributed by atoms with van der Waals surface area (Å²) in [5, 5.41) is 2.32. The molecule has 27 heavy (non-hydrogen) atoms. The molecule has 0 atom stereocenters. The van der Waals surface area contributed by atoms with Crippen LogP contribution in [0.3, 0.4) is 0 Å². The molecule has 0 saturated carbocycles. The average molecular weight is 362 g/mol. The SMILES string of the molecule is CN(C)c1cnc(C(=O)N2CCN(c3cncc4ccccc34)CC2)cn1. The van der Waals surface area contributed by atoms with Crippen LogP contribution in [0, 0.1) is 0 Å². The number of fused-ring (bicyclic) bond motifs is 1. The van der Waals surface area contributed by atoms with Gasteiger partial charge in [0, 0.05) is 57.2 Å². The average Bonchev–Trinajstić information content (AvgIpc) is 2.73. The van der Waals surface area contributed by atoms with Crippen LogP contribution in [0.5, 0.6) is 0 Å². The van der Waals surface area contributed by atoms with Gasteiger partial charge in [0.1, 0.15) is 11.5 Å². The van der Waals surface area contributed by atoms with E-state index >= 15 is 0 Å². The maximum absolute atomic E-state index is 12.7. The third kappa shape index (κ3) is 3.40. The summed E-state index contributed by atoms with van der Waals surface area (Å²) < 4.78 is 0. The molecule has 1 aliphatic heterocycles. The van der Waals surface area contributed by atoms with Gasteiger partial charge in [-0.2, -0.15) is 0 Å². The molecule has 2 aromatic heterocycles. The summed E-state index contributed by atoms with van der Waals surface area (Å²) in [7, 11) is 3.79. The smallest absolute Gasteiger partial charge is 0.274 e. The Labute approximate surface area is 158 Å². The predicted octanol–water partition coefficient (Wildman–Crippen LogP) is 2.05. The van der Waals surface area contributed by atoms with Gasteiger partial charge in [-0.05, 0) is 0 Å². The summed E-state index contributed by atoms with van der Waals surface area (Å²) in [6.45, 7) is 2.84. The first-order chi connectivity index (χ1) is 13.1. The van der Waals surface area contributed by atoms with Gasteiger partial charge in [0.05, 0.1) is 24.3 Å². The lowest BCUT2D eigenvalue weighted by atomic mass is 10.1. The molecule has 1 aliphatic rings. The first-order valence-electron chi connectivity index (χ1n) is 9.00. The molecule has 1 fully saturated rings. The lowest BCUT2D eigenvalue weighted by molar-refractivity contribution is 0.0740. The first-order valence-corrected chi connectivity index (χ1v) is 9.00. The van der Waals surface area contributed by atoms with Crippen molar-refractivity contribution in [3.8, 4) is 0 Å². The van der Waals surface area contributed by atoms with Gasteiger partial charge < -0.3 is 14.7 Å². The monoisotopic (exact) mass is 362 g/mol. The van der Waals surface area contributed by atoms with Gasteiger partial charge in [0.25, 0.3) is 5.91 Å².